The van der Waals surface area contributed by atoms with Gasteiger partial charge in [-0.1, -0.05) is 30.3 Å². The summed E-state index contributed by atoms with van der Waals surface area (Å²) in [5.41, 5.74) is 1.06. The van der Waals surface area contributed by atoms with Crippen molar-refractivity contribution in [2.45, 2.75) is 19.5 Å². The zero-order valence-electron chi connectivity index (χ0n) is 11.8. The van der Waals surface area contributed by atoms with Crippen LogP contribution in [0.25, 0.3) is 0 Å². The molecule has 1 amide bonds. The number of rotatable bonds is 6. The van der Waals surface area contributed by atoms with E-state index in [0.717, 1.165) is 5.56 Å². The lowest BCUT2D eigenvalue weighted by Gasteiger charge is -2.17. The Kier molecular flexibility index (Phi) is 4.71. The predicted octanol–water partition coefficient (Wildman–Crippen LogP) is 1.63. The zero-order valence-corrected chi connectivity index (χ0v) is 11.8. The van der Waals surface area contributed by atoms with Gasteiger partial charge in [0.25, 0.3) is 0 Å². The Morgan fingerprint density at radius 2 is 1.95 bits per heavy atom. The van der Waals surface area contributed by atoms with Crippen molar-refractivity contribution in [1.82, 2.24) is 14.7 Å². The molecule has 21 heavy (non-hydrogen) atoms. The van der Waals surface area contributed by atoms with E-state index in [1.165, 1.54) is 10.7 Å². The molecule has 0 aliphatic heterocycles. The summed E-state index contributed by atoms with van der Waals surface area (Å²) in [5.74, 6) is -1.08. The summed E-state index contributed by atoms with van der Waals surface area (Å²) in [6.45, 7) is 0.921. The number of benzene rings is 1. The third-order valence-corrected chi connectivity index (χ3v) is 3.10. The summed E-state index contributed by atoms with van der Waals surface area (Å²) in [6, 6.07) is 11.2. The molecule has 0 aliphatic carbocycles. The summed E-state index contributed by atoms with van der Waals surface area (Å²) >= 11 is 0. The molecule has 0 atom stereocenters. The van der Waals surface area contributed by atoms with Crippen LogP contribution in [-0.4, -0.2) is 38.7 Å². The lowest BCUT2D eigenvalue weighted by atomic mass is 10.2. The molecule has 1 N–H and O–H groups in total. The first-order valence-electron chi connectivity index (χ1n) is 6.61. The molecule has 2 rings (SSSR count). The van der Waals surface area contributed by atoms with Crippen LogP contribution in [0.15, 0.2) is 42.6 Å². The van der Waals surface area contributed by atoms with Crippen LogP contribution in [-0.2, 0) is 17.9 Å². The Labute approximate surface area is 122 Å². The molecule has 0 unspecified atom stereocenters. The highest BCUT2D eigenvalue weighted by Crippen LogP contribution is 2.05. The van der Waals surface area contributed by atoms with Crippen molar-refractivity contribution in [2.75, 3.05) is 7.05 Å². The molecule has 1 aromatic carbocycles. The second-order valence-electron chi connectivity index (χ2n) is 4.75. The van der Waals surface area contributed by atoms with Gasteiger partial charge in [-0.25, -0.2) is 4.79 Å². The van der Waals surface area contributed by atoms with Gasteiger partial charge in [0.05, 0.1) is 0 Å². The van der Waals surface area contributed by atoms with Crippen molar-refractivity contribution in [3.05, 3.63) is 53.9 Å². The topological polar surface area (TPSA) is 75.4 Å². The molecule has 1 aromatic heterocycles. The SMILES string of the molecule is CN(Cc1ccccc1)C(=O)CCn1ccc(C(=O)O)n1. The van der Waals surface area contributed by atoms with Crippen LogP contribution in [0.5, 0.6) is 0 Å². The molecule has 6 heteroatoms. The zero-order chi connectivity index (χ0) is 15.2. The molecule has 0 saturated carbocycles. The van der Waals surface area contributed by atoms with Crippen molar-refractivity contribution < 1.29 is 14.7 Å². The minimum absolute atomic E-state index is 0.00812. The Bertz CT molecular complexity index is 622. The van der Waals surface area contributed by atoms with Gasteiger partial charge in [-0.15, -0.1) is 0 Å². The van der Waals surface area contributed by atoms with Crippen LogP contribution in [0.3, 0.4) is 0 Å². The minimum Gasteiger partial charge on any atom is -0.476 e. The Balaban J connectivity index is 1.84. The summed E-state index contributed by atoms with van der Waals surface area (Å²) in [7, 11) is 1.75. The highest BCUT2D eigenvalue weighted by Gasteiger charge is 2.11. The summed E-state index contributed by atoms with van der Waals surface area (Å²) in [6.07, 6.45) is 1.85. The molecule has 0 spiro atoms. The van der Waals surface area contributed by atoms with Crippen molar-refractivity contribution in [2.24, 2.45) is 0 Å². The first-order chi connectivity index (χ1) is 10.1. The van der Waals surface area contributed by atoms with E-state index in [9.17, 15) is 9.59 Å². The lowest BCUT2D eigenvalue weighted by molar-refractivity contribution is -0.130. The maximum atomic E-state index is 12.0. The number of carbonyl (C=O) groups excluding carboxylic acids is 1. The summed E-state index contributed by atoms with van der Waals surface area (Å²) < 4.78 is 1.47. The fraction of sp³-hybridized carbons (Fsp3) is 0.267. The normalized spacial score (nSPS) is 10.3. The second kappa shape index (κ2) is 6.69. The molecular formula is C15H17N3O3. The number of carboxylic acids is 1. The van der Waals surface area contributed by atoms with Gasteiger partial charge in [0.15, 0.2) is 5.69 Å². The Morgan fingerprint density at radius 3 is 2.57 bits per heavy atom. The molecule has 0 fully saturated rings. The first-order valence-corrected chi connectivity index (χ1v) is 6.61. The number of nitrogens with zero attached hydrogens (tertiary/aromatic N) is 3. The molecule has 0 saturated heterocycles. The summed E-state index contributed by atoms with van der Waals surface area (Å²) in [5, 5.41) is 12.6. The van der Waals surface area contributed by atoms with E-state index in [2.05, 4.69) is 5.10 Å². The van der Waals surface area contributed by atoms with E-state index in [1.54, 1.807) is 18.1 Å². The van der Waals surface area contributed by atoms with Gasteiger partial charge in [0.2, 0.25) is 5.91 Å². The van der Waals surface area contributed by atoms with E-state index < -0.39 is 5.97 Å². The number of aromatic carboxylic acids is 1. The monoisotopic (exact) mass is 287 g/mol. The predicted molar refractivity (Wildman–Crippen MR) is 76.7 cm³/mol. The standard InChI is InChI=1S/C15H17N3O3/c1-17(11-12-5-3-2-4-6-12)14(19)8-10-18-9-7-13(16-18)15(20)21/h2-7,9H,8,10-11H2,1H3,(H,20,21). The Hall–Kier alpha value is -2.63. The number of carbonyl (C=O) groups is 2. The number of aryl methyl sites for hydroxylation is 1. The molecule has 2 aromatic rings. The smallest absolute Gasteiger partial charge is 0.356 e. The fourth-order valence-electron chi connectivity index (χ4n) is 1.95. The van der Waals surface area contributed by atoms with E-state index >= 15 is 0 Å². The third-order valence-electron chi connectivity index (χ3n) is 3.10. The molecule has 0 bridgehead atoms. The van der Waals surface area contributed by atoms with Gasteiger partial charge in [0.1, 0.15) is 0 Å². The fourth-order valence-corrected chi connectivity index (χ4v) is 1.95. The highest BCUT2D eigenvalue weighted by molar-refractivity contribution is 5.85. The van der Waals surface area contributed by atoms with Gasteiger partial charge in [-0.2, -0.15) is 5.10 Å². The van der Waals surface area contributed by atoms with Crippen LogP contribution in [0.4, 0.5) is 0 Å². The highest BCUT2D eigenvalue weighted by atomic mass is 16.4. The van der Waals surface area contributed by atoms with Gasteiger partial charge in [0, 0.05) is 32.8 Å². The van der Waals surface area contributed by atoms with Crippen LogP contribution in [0, 0.1) is 0 Å². The number of amides is 1. The average molecular weight is 287 g/mol. The molecular weight excluding hydrogens is 270 g/mol. The number of aromatic nitrogens is 2. The van der Waals surface area contributed by atoms with Crippen molar-refractivity contribution >= 4 is 11.9 Å². The molecule has 6 nitrogen and oxygen atoms in total. The van der Waals surface area contributed by atoms with Gasteiger partial charge >= 0.3 is 5.97 Å². The molecule has 1 heterocycles. The molecule has 110 valence electrons. The van der Waals surface area contributed by atoms with Crippen LogP contribution in [0.1, 0.15) is 22.5 Å². The maximum Gasteiger partial charge on any atom is 0.356 e. The largest absolute Gasteiger partial charge is 0.476 e. The van der Waals surface area contributed by atoms with Crippen LogP contribution >= 0.6 is 0 Å². The minimum atomic E-state index is -1.07. The number of hydrogen-bond acceptors (Lipinski definition) is 3. The van der Waals surface area contributed by atoms with E-state index in [4.69, 9.17) is 5.11 Å². The van der Waals surface area contributed by atoms with Crippen molar-refractivity contribution in [3.63, 3.8) is 0 Å². The molecule has 0 aliphatic rings. The maximum absolute atomic E-state index is 12.0. The van der Waals surface area contributed by atoms with Gasteiger partial charge < -0.3 is 10.0 Å². The van der Waals surface area contributed by atoms with Crippen LogP contribution in [0.2, 0.25) is 0 Å². The van der Waals surface area contributed by atoms with Crippen molar-refractivity contribution in [3.8, 4) is 0 Å². The number of carboxylic acid groups (broad SMARTS) is 1. The van der Waals surface area contributed by atoms with Crippen LogP contribution < -0.4 is 0 Å². The first kappa shape index (κ1) is 14.8. The quantitative estimate of drug-likeness (QED) is 0.876. The lowest BCUT2D eigenvalue weighted by Crippen LogP contribution is -2.27. The summed E-state index contributed by atoms with van der Waals surface area (Å²) in [4.78, 5) is 24.4. The van der Waals surface area contributed by atoms with Gasteiger partial charge in [-0.05, 0) is 11.6 Å². The third kappa shape index (κ3) is 4.17. The second-order valence-corrected chi connectivity index (χ2v) is 4.75. The Morgan fingerprint density at radius 1 is 1.24 bits per heavy atom. The van der Waals surface area contributed by atoms with E-state index in [0.29, 0.717) is 13.1 Å². The van der Waals surface area contributed by atoms with E-state index in [-0.39, 0.29) is 18.0 Å². The average Bonchev–Trinajstić information content (AvgIpc) is 2.95. The van der Waals surface area contributed by atoms with Gasteiger partial charge in [-0.3, -0.25) is 9.48 Å². The number of hydrogen-bond donors (Lipinski definition) is 1. The van der Waals surface area contributed by atoms with E-state index in [1.807, 2.05) is 30.3 Å². The van der Waals surface area contributed by atoms with Crippen molar-refractivity contribution in [1.29, 1.82) is 0 Å². The molecule has 0 radical (unpaired) electrons.